The van der Waals surface area contributed by atoms with Crippen LogP contribution in [-0.4, -0.2) is 5.91 Å². The van der Waals surface area contributed by atoms with Crippen molar-refractivity contribution in [1.29, 1.82) is 5.26 Å². The van der Waals surface area contributed by atoms with E-state index in [1.54, 1.807) is 42.5 Å². The maximum Gasteiger partial charge on any atom is 0.266 e. The third kappa shape index (κ3) is 5.64. The van der Waals surface area contributed by atoms with Gasteiger partial charge in [-0.1, -0.05) is 59.6 Å². The molecule has 150 valence electrons. The number of nitrogens with zero attached hydrogens (tertiary/aromatic N) is 1. The van der Waals surface area contributed by atoms with E-state index in [4.69, 9.17) is 27.9 Å². The number of hydrogen-bond donors (Lipinski definition) is 1. The molecule has 0 spiro atoms. The van der Waals surface area contributed by atoms with Gasteiger partial charge in [0.05, 0.1) is 0 Å². The molecule has 0 aromatic heterocycles. The Kier molecular flexibility index (Phi) is 7.13. The number of ether oxygens (including phenoxy) is 1. The summed E-state index contributed by atoms with van der Waals surface area (Å²) in [5.41, 5.74) is 2.93. The smallest absolute Gasteiger partial charge is 0.266 e. The van der Waals surface area contributed by atoms with Crippen LogP contribution in [0.15, 0.2) is 72.3 Å². The van der Waals surface area contributed by atoms with Crippen LogP contribution in [0.25, 0.3) is 6.08 Å². The van der Waals surface area contributed by atoms with E-state index in [0.29, 0.717) is 33.7 Å². The number of amides is 1. The molecule has 6 heteroatoms. The molecule has 3 aromatic carbocycles. The van der Waals surface area contributed by atoms with Gasteiger partial charge in [0.2, 0.25) is 0 Å². The monoisotopic (exact) mass is 436 g/mol. The van der Waals surface area contributed by atoms with Crippen molar-refractivity contribution in [3.63, 3.8) is 0 Å². The third-order valence-corrected chi connectivity index (χ3v) is 4.83. The van der Waals surface area contributed by atoms with Crippen molar-refractivity contribution >= 4 is 40.9 Å². The Morgan fingerprint density at radius 2 is 1.77 bits per heavy atom. The highest BCUT2D eigenvalue weighted by atomic mass is 35.5. The SMILES string of the molecule is Cc1ccc(Cl)cc1NC(=O)/C(C#N)=C/c1ccccc1OCc1ccc(Cl)cc1. The lowest BCUT2D eigenvalue weighted by Gasteiger charge is -2.11. The van der Waals surface area contributed by atoms with Crippen LogP contribution in [0, 0.1) is 18.3 Å². The van der Waals surface area contributed by atoms with E-state index >= 15 is 0 Å². The summed E-state index contributed by atoms with van der Waals surface area (Å²) in [6.07, 6.45) is 1.51. The van der Waals surface area contributed by atoms with Crippen LogP contribution in [0.4, 0.5) is 5.69 Å². The van der Waals surface area contributed by atoms with E-state index < -0.39 is 5.91 Å². The first-order valence-electron chi connectivity index (χ1n) is 9.12. The zero-order valence-electron chi connectivity index (χ0n) is 16.2. The average Bonchev–Trinajstić information content (AvgIpc) is 2.74. The summed E-state index contributed by atoms with van der Waals surface area (Å²) < 4.78 is 5.90. The minimum atomic E-state index is -0.518. The number of anilines is 1. The Bertz CT molecular complexity index is 1130. The number of para-hydroxylation sites is 1. The quantitative estimate of drug-likeness (QED) is 0.357. The molecule has 0 saturated heterocycles. The van der Waals surface area contributed by atoms with Crippen LogP contribution in [-0.2, 0) is 11.4 Å². The molecule has 0 heterocycles. The van der Waals surface area contributed by atoms with E-state index in [0.717, 1.165) is 11.1 Å². The van der Waals surface area contributed by atoms with Gasteiger partial charge >= 0.3 is 0 Å². The topological polar surface area (TPSA) is 62.1 Å². The Hall–Kier alpha value is -3.26. The van der Waals surface area contributed by atoms with Gasteiger partial charge in [-0.2, -0.15) is 5.26 Å². The first kappa shape index (κ1) is 21.4. The maximum absolute atomic E-state index is 12.6. The van der Waals surface area contributed by atoms with E-state index in [1.165, 1.54) is 6.08 Å². The molecular formula is C24H18Cl2N2O2. The largest absolute Gasteiger partial charge is 0.488 e. The van der Waals surface area contributed by atoms with Gasteiger partial charge in [0.1, 0.15) is 24.0 Å². The number of rotatable bonds is 6. The number of hydrogen-bond acceptors (Lipinski definition) is 3. The van der Waals surface area contributed by atoms with Gasteiger partial charge in [0.25, 0.3) is 5.91 Å². The maximum atomic E-state index is 12.6. The second kappa shape index (κ2) is 9.98. The lowest BCUT2D eigenvalue weighted by atomic mass is 10.1. The zero-order valence-corrected chi connectivity index (χ0v) is 17.7. The first-order chi connectivity index (χ1) is 14.5. The van der Waals surface area contributed by atoms with Crippen molar-refractivity contribution in [2.75, 3.05) is 5.32 Å². The van der Waals surface area contributed by atoms with E-state index in [1.807, 2.05) is 37.3 Å². The number of carbonyl (C=O) groups is 1. The van der Waals surface area contributed by atoms with Crippen LogP contribution in [0.1, 0.15) is 16.7 Å². The Morgan fingerprint density at radius 1 is 1.07 bits per heavy atom. The molecule has 0 unspecified atom stereocenters. The minimum Gasteiger partial charge on any atom is -0.488 e. The second-order valence-electron chi connectivity index (χ2n) is 6.54. The number of benzene rings is 3. The molecule has 0 saturated carbocycles. The average molecular weight is 437 g/mol. The molecule has 4 nitrogen and oxygen atoms in total. The molecule has 0 bridgehead atoms. The van der Waals surface area contributed by atoms with Crippen LogP contribution < -0.4 is 10.1 Å². The Morgan fingerprint density at radius 3 is 2.50 bits per heavy atom. The number of nitrogens with one attached hydrogen (secondary N) is 1. The fourth-order valence-electron chi connectivity index (χ4n) is 2.70. The number of halogens is 2. The predicted molar refractivity (Wildman–Crippen MR) is 121 cm³/mol. The minimum absolute atomic E-state index is 0.0445. The summed E-state index contributed by atoms with van der Waals surface area (Å²) in [7, 11) is 0. The summed E-state index contributed by atoms with van der Waals surface area (Å²) in [5.74, 6) is 0.0438. The first-order valence-corrected chi connectivity index (χ1v) is 9.87. The molecule has 0 atom stereocenters. The normalized spacial score (nSPS) is 10.9. The molecule has 30 heavy (non-hydrogen) atoms. The fraction of sp³-hybridized carbons (Fsp3) is 0.0833. The summed E-state index contributed by atoms with van der Waals surface area (Å²) in [4.78, 5) is 12.6. The Labute approximate surface area is 185 Å². The van der Waals surface area contributed by atoms with Gasteiger partial charge in [-0.15, -0.1) is 0 Å². The van der Waals surface area contributed by atoms with Gasteiger partial charge in [-0.25, -0.2) is 0 Å². The molecule has 0 aliphatic heterocycles. The molecule has 3 aromatic rings. The van der Waals surface area contributed by atoms with Crippen LogP contribution in [0.2, 0.25) is 10.0 Å². The zero-order chi connectivity index (χ0) is 21.5. The van der Waals surface area contributed by atoms with Crippen molar-refractivity contribution < 1.29 is 9.53 Å². The molecule has 0 aliphatic rings. The number of aryl methyl sites for hydroxylation is 1. The highest BCUT2D eigenvalue weighted by molar-refractivity contribution is 6.31. The summed E-state index contributed by atoms with van der Waals surface area (Å²) >= 11 is 11.9. The van der Waals surface area contributed by atoms with Crippen molar-refractivity contribution in [1.82, 2.24) is 0 Å². The van der Waals surface area contributed by atoms with Gasteiger partial charge in [-0.05, 0) is 54.5 Å². The van der Waals surface area contributed by atoms with E-state index in [9.17, 15) is 10.1 Å². The van der Waals surface area contributed by atoms with Crippen LogP contribution in [0.5, 0.6) is 5.75 Å². The number of nitriles is 1. The van der Waals surface area contributed by atoms with Crippen LogP contribution >= 0.6 is 23.2 Å². The lowest BCUT2D eigenvalue weighted by molar-refractivity contribution is -0.112. The van der Waals surface area contributed by atoms with E-state index in [2.05, 4.69) is 5.32 Å². The molecule has 0 radical (unpaired) electrons. The Balaban J connectivity index is 1.80. The molecule has 3 rings (SSSR count). The summed E-state index contributed by atoms with van der Waals surface area (Å²) in [6, 6.07) is 21.7. The lowest BCUT2D eigenvalue weighted by Crippen LogP contribution is -2.14. The van der Waals surface area contributed by atoms with Gasteiger partial charge in [0.15, 0.2) is 0 Å². The standard InChI is InChI=1S/C24H18Cl2N2O2/c1-16-6-9-21(26)13-22(16)28-24(29)19(14-27)12-18-4-2-3-5-23(18)30-15-17-7-10-20(25)11-8-17/h2-13H,15H2,1H3,(H,28,29)/b19-12+. The van der Waals surface area contributed by atoms with Gasteiger partial charge in [-0.3, -0.25) is 4.79 Å². The van der Waals surface area contributed by atoms with Gasteiger partial charge in [0, 0.05) is 21.3 Å². The molecule has 0 aliphatic carbocycles. The highest BCUT2D eigenvalue weighted by Gasteiger charge is 2.13. The summed E-state index contributed by atoms with van der Waals surface area (Å²) in [6.45, 7) is 2.18. The number of carbonyl (C=O) groups excluding carboxylic acids is 1. The van der Waals surface area contributed by atoms with Crippen LogP contribution in [0.3, 0.4) is 0 Å². The van der Waals surface area contributed by atoms with E-state index in [-0.39, 0.29) is 5.57 Å². The molecule has 1 amide bonds. The summed E-state index contributed by atoms with van der Waals surface area (Å²) in [5, 5.41) is 13.4. The molecular weight excluding hydrogens is 419 g/mol. The second-order valence-corrected chi connectivity index (χ2v) is 7.41. The molecule has 1 N–H and O–H groups in total. The fourth-order valence-corrected chi connectivity index (χ4v) is 2.99. The molecule has 0 fully saturated rings. The highest BCUT2D eigenvalue weighted by Crippen LogP contribution is 2.24. The van der Waals surface area contributed by atoms with Gasteiger partial charge < -0.3 is 10.1 Å². The van der Waals surface area contributed by atoms with Crippen molar-refractivity contribution in [3.8, 4) is 11.8 Å². The van der Waals surface area contributed by atoms with Crippen molar-refractivity contribution in [3.05, 3.63) is 99.0 Å². The van der Waals surface area contributed by atoms with Crippen molar-refractivity contribution in [2.24, 2.45) is 0 Å². The van der Waals surface area contributed by atoms with Crippen molar-refractivity contribution in [2.45, 2.75) is 13.5 Å². The predicted octanol–water partition coefficient (Wildman–Crippen LogP) is 6.43. The third-order valence-electron chi connectivity index (χ3n) is 4.34.